The van der Waals surface area contributed by atoms with Crippen LogP contribution in [-0.2, 0) is 4.74 Å². The van der Waals surface area contributed by atoms with Crippen molar-refractivity contribution in [2.75, 3.05) is 20.2 Å². The Hall–Kier alpha value is 0.0900. The van der Waals surface area contributed by atoms with Gasteiger partial charge in [0.1, 0.15) is 0 Å². The quantitative estimate of drug-likeness (QED) is 0.761. The number of amides is 1. The molecule has 2 atom stereocenters. The number of piperidine rings is 1. The lowest BCUT2D eigenvalue weighted by atomic mass is 9.96. The molecule has 0 spiro atoms. The summed E-state index contributed by atoms with van der Waals surface area (Å²) in [4.78, 5) is 15.0. The van der Waals surface area contributed by atoms with Gasteiger partial charge in [-0.05, 0) is 50.3 Å². The van der Waals surface area contributed by atoms with E-state index in [4.69, 9.17) is 4.74 Å². The van der Waals surface area contributed by atoms with Crippen LogP contribution in [0.5, 0.6) is 0 Å². The number of hydrogen-bond acceptors (Lipinski definition) is 3. The molecular formula is C12H15Br2NO2S. The molecule has 1 saturated heterocycles. The zero-order chi connectivity index (χ0) is 13.3. The lowest BCUT2D eigenvalue weighted by Gasteiger charge is -2.36. The number of likely N-dealkylation sites (tertiary alicyclic amines) is 1. The van der Waals surface area contributed by atoms with Gasteiger partial charge in [-0.3, -0.25) is 4.79 Å². The topological polar surface area (TPSA) is 29.5 Å². The minimum absolute atomic E-state index is 0.0975. The van der Waals surface area contributed by atoms with Gasteiger partial charge >= 0.3 is 0 Å². The summed E-state index contributed by atoms with van der Waals surface area (Å²) in [7, 11) is 1.72. The van der Waals surface area contributed by atoms with E-state index < -0.39 is 0 Å². The maximum atomic E-state index is 12.4. The van der Waals surface area contributed by atoms with Crippen molar-refractivity contribution in [1.29, 1.82) is 0 Å². The van der Waals surface area contributed by atoms with Gasteiger partial charge in [0.2, 0.25) is 0 Å². The minimum Gasteiger partial charge on any atom is -0.379 e. The molecule has 0 radical (unpaired) electrons. The monoisotopic (exact) mass is 395 g/mol. The van der Waals surface area contributed by atoms with Crippen molar-refractivity contribution in [3.8, 4) is 0 Å². The van der Waals surface area contributed by atoms with Crippen LogP contribution in [0.4, 0.5) is 0 Å². The number of ether oxygens (including phenoxy) is 1. The first-order chi connectivity index (χ1) is 8.52. The van der Waals surface area contributed by atoms with Gasteiger partial charge in [-0.2, -0.15) is 0 Å². The summed E-state index contributed by atoms with van der Waals surface area (Å²) in [5.41, 5.74) is 0. The number of halogens is 2. The van der Waals surface area contributed by atoms with E-state index in [0.29, 0.717) is 12.5 Å². The molecule has 6 heteroatoms. The first-order valence-electron chi connectivity index (χ1n) is 5.79. The molecule has 0 aliphatic carbocycles. The van der Waals surface area contributed by atoms with E-state index in [1.54, 1.807) is 7.11 Å². The minimum atomic E-state index is 0.0975. The smallest absolute Gasteiger partial charge is 0.264 e. The molecule has 1 aliphatic rings. The lowest BCUT2D eigenvalue weighted by molar-refractivity contribution is -0.00139. The van der Waals surface area contributed by atoms with Crippen LogP contribution in [0, 0.1) is 5.92 Å². The molecule has 0 bridgehead atoms. The van der Waals surface area contributed by atoms with Gasteiger partial charge < -0.3 is 9.64 Å². The Morgan fingerprint density at radius 1 is 1.56 bits per heavy atom. The van der Waals surface area contributed by atoms with Crippen LogP contribution in [0.1, 0.15) is 23.0 Å². The summed E-state index contributed by atoms with van der Waals surface area (Å²) >= 11 is 8.29. The zero-order valence-electron chi connectivity index (χ0n) is 10.3. The fourth-order valence-electron chi connectivity index (χ4n) is 2.13. The van der Waals surface area contributed by atoms with Crippen molar-refractivity contribution < 1.29 is 9.53 Å². The maximum Gasteiger partial charge on any atom is 0.264 e. The standard InChI is InChI=1S/C12H15Br2NO2S/c1-7-3-4-15(6-9(7)17-2)12(16)10-5-8(13)11(14)18-10/h5,7,9H,3-4,6H2,1-2H3. The van der Waals surface area contributed by atoms with Gasteiger partial charge in [0.25, 0.3) is 5.91 Å². The molecule has 18 heavy (non-hydrogen) atoms. The highest BCUT2D eigenvalue weighted by Crippen LogP contribution is 2.33. The molecule has 2 rings (SSSR count). The molecule has 100 valence electrons. The highest BCUT2D eigenvalue weighted by atomic mass is 79.9. The number of carbonyl (C=O) groups is 1. The summed E-state index contributed by atoms with van der Waals surface area (Å²) < 4.78 is 7.33. The highest BCUT2D eigenvalue weighted by molar-refractivity contribution is 9.13. The van der Waals surface area contributed by atoms with Gasteiger partial charge in [0, 0.05) is 24.7 Å². The van der Waals surface area contributed by atoms with Crippen LogP contribution in [0.15, 0.2) is 14.3 Å². The number of nitrogens with zero attached hydrogens (tertiary/aromatic N) is 1. The van der Waals surface area contributed by atoms with Crippen molar-refractivity contribution in [1.82, 2.24) is 4.90 Å². The van der Waals surface area contributed by atoms with Crippen molar-refractivity contribution >= 4 is 49.1 Å². The molecule has 1 amide bonds. The lowest BCUT2D eigenvalue weighted by Crippen LogP contribution is -2.46. The first-order valence-corrected chi connectivity index (χ1v) is 8.20. The fraction of sp³-hybridized carbons (Fsp3) is 0.583. The van der Waals surface area contributed by atoms with Crippen molar-refractivity contribution in [2.24, 2.45) is 5.92 Å². The Kier molecular flexibility index (Phi) is 4.86. The summed E-state index contributed by atoms with van der Waals surface area (Å²) in [6.45, 7) is 3.67. The predicted molar refractivity (Wildman–Crippen MR) is 80.2 cm³/mol. The molecule has 1 fully saturated rings. The second kappa shape index (κ2) is 6.03. The molecule has 2 heterocycles. The van der Waals surface area contributed by atoms with E-state index in [9.17, 15) is 4.79 Å². The SMILES string of the molecule is COC1CN(C(=O)c2cc(Br)c(Br)s2)CCC1C. The largest absolute Gasteiger partial charge is 0.379 e. The maximum absolute atomic E-state index is 12.4. The van der Waals surface area contributed by atoms with E-state index in [1.165, 1.54) is 11.3 Å². The number of rotatable bonds is 2. The average Bonchev–Trinajstić information content (AvgIpc) is 2.69. The third-order valence-corrected chi connectivity index (χ3v) is 6.58. The normalized spacial score (nSPS) is 24.3. The van der Waals surface area contributed by atoms with Gasteiger partial charge in [-0.15, -0.1) is 11.3 Å². The summed E-state index contributed by atoms with van der Waals surface area (Å²) in [6.07, 6.45) is 1.15. The van der Waals surface area contributed by atoms with Crippen LogP contribution in [0.2, 0.25) is 0 Å². The van der Waals surface area contributed by atoms with Crippen LogP contribution >= 0.6 is 43.2 Å². The van der Waals surface area contributed by atoms with Crippen LogP contribution in [0.25, 0.3) is 0 Å². The van der Waals surface area contributed by atoms with E-state index in [0.717, 1.165) is 26.1 Å². The molecule has 1 aliphatic heterocycles. The Morgan fingerprint density at radius 2 is 2.28 bits per heavy atom. The fourth-order valence-corrected chi connectivity index (χ4v) is 4.14. The van der Waals surface area contributed by atoms with Gasteiger partial charge in [0.15, 0.2) is 0 Å². The van der Waals surface area contributed by atoms with Gasteiger partial charge in [-0.1, -0.05) is 6.92 Å². The van der Waals surface area contributed by atoms with Crippen molar-refractivity contribution in [2.45, 2.75) is 19.4 Å². The molecule has 1 aromatic heterocycles. The Balaban J connectivity index is 2.10. The molecule has 0 N–H and O–H groups in total. The van der Waals surface area contributed by atoms with Gasteiger partial charge in [0.05, 0.1) is 14.8 Å². The molecule has 0 saturated carbocycles. The zero-order valence-corrected chi connectivity index (χ0v) is 14.3. The summed E-state index contributed by atoms with van der Waals surface area (Å²) in [5.74, 6) is 0.612. The first kappa shape index (κ1) is 14.5. The third-order valence-electron chi connectivity index (χ3n) is 3.34. The van der Waals surface area contributed by atoms with Crippen LogP contribution in [0.3, 0.4) is 0 Å². The predicted octanol–water partition coefficient (Wildman–Crippen LogP) is 3.77. The van der Waals surface area contributed by atoms with Crippen LogP contribution in [-0.4, -0.2) is 37.1 Å². The Bertz CT molecular complexity index is 430. The molecular weight excluding hydrogens is 382 g/mol. The van der Waals surface area contributed by atoms with E-state index in [-0.39, 0.29) is 12.0 Å². The average molecular weight is 397 g/mol. The van der Waals surface area contributed by atoms with Crippen LogP contribution < -0.4 is 0 Å². The molecule has 0 aromatic carbocycles. The molecule has 3 nitrogen and oxygen atoms in total. The van der Waals surface area contributed by atoms with E-state index in [1.807, 2.05) is 11.0 Å². The molecule has 1 aromatic rings. The summed E-state index contributed by atoms with van der Waals surface area (Å²) in [5, 5.41) is 0. The number of thiophene rings is 1. The second-order valence-corrected chi connectivity index (χ2v) is 7.75. The summed E-state index contributed by atoms with van der Waals surface area (Å²) in [6, 6.07) is 1.87. The highest BCUT2D eigenvalue weighted by Gasteiger charge is 2.30. The second-order valence-electron chi connectivity index (χ2n) is 4.52. The number of hydrogen-bond donors (Lipinski definition) is 0. The van der Waals surface area contributed by atoms with Gasteiger partial charge in [-0.25, -0.2) is 0 Å². The Morgan fingerprint density at radius 3 is 2.83 bits per heavy atom. The van der Waals surface area contributed by atoms with Crippen molar-refractivity contribution in [3.63, 3.8) is 0 Å². The van der Waals surface area contributed by atoms with E-state index in [2.05, 4.69) is 38.8 Å². The number of methoxy groups -OCH3 is 1. The van der Waals surface area contributed by atoms with E-state index >= 15 is 0 Å². The third kappa shape index (κ3) is 2.98. The van der Waals surface area contributed by atoms with Crippen molar-refractivity contribution in [3.05, 3.63) is 19.2 Å². The Labute approximate surface area is 128 Å². The number of carbonyl (C=O) groups excluding carboxylic acids is 1. The molecule has 2 unspecified atom stereocenters.